The predicted octanol–water partition coefficient (Wildman–Crippen LogP) is 4.49. The van der Waals surface area contributed by atoms with Gasteiger partial charge in [-0.15, -0.1) is 0 Å². The van der Waals surface area contributed by atoms with Gasteiger partial charge in [0.15, 0.2) is 0 Å². The van der Waals surface area contributed by atoms with E-state index >= 15 is 14.4 Å². The molecule has 3 saturated heterocycles. The number of likely N-dealkylation sites (N-methyl/N-ethyl adjacent to an activating group) is 7. The Hall–Kier alpha value is -7.10. The van der Waals surface area contributed by atoms with Gasteiger partial charge >= 0.3 is 6.18 Å². The molecule has 1 unspecified atom stereocenters. The first-order valence-electron chi connectivity index (χ1n) is 34.8. The number of methoxy groups -OCH3 is 1. The van der Waals surface area contributed by atoms with Gasteiger partial charge < -0.3 is 64.8 Å². The second-order valence-corrected chi connectivity index (χ2v) is 28.7. The first kappa shape index (κ1) is 79.9. The molecule has 1 spiro atoms. The first-order chi connectivity index (χ1) is 46.2. The summed E-state index contributed by atoms with van der Waals surface area (Å²) in [7, 11) is 11.0. The largest absolute Gasteiger partial charge is 0.417 e. The van der Waals surface area contributed by atoms with Crippen LogP contribution in [0.25, 0.3) is 0 Å². The number of benzene rings is 1. The molecule has 0 aromatic heterocycles. The Morgan fingerprint density at radius 3 is 1.87 bits per heavy atom. The zero-order chi connectivity index (χ0) is 72.7. The summed E-state index contributed by atoms with van der Waals surface area (Å²) < 4.78 is 47.1. The third-order valence-electron chi connectivity index (χ3n) is 20.7. The summed E-state index contributed by atoms with van der Waals surface area (Å²) in [6.07, 6.45) is 3.18. The van der Waals surface area contributed by atoms with Gasteiger partial charge in [0, 0.05) is 76.1 Å². The van der Waals surface area contributed by atoms with Crippen LogP contribution in [0.1, 0.15) is 161 Å². The van der Waals surface area contributed by atoms with Crippen molar-refractivity contribution in [2.45, 2.75) is 210 Å². The van der Waals surface area contributed by atoms with E-state index < -0.39 is 167 Å². The van der Waals surface area contributed by atoms with Gasteiger partial charge in [-0.25, -0.2) is 0 Å². The molecule has 5 fully saturated rings. The molecular weight excluding hydrogens is 1300 g/mol. The van der Waals surface area contributed by atoms with E-state index in [0.29, 0.717) is 51.6 Å². The smallest absolute Gasteiger partial charge is 0.382 e. The summed E-state index contributed by atoms with van der Waals surface area (Å²) in [6.45, 7) is 5.89. The van der Waals surface area contributed by atoms with Gasteiger partial charge in [0.25, 0.3) is 0 Å². The fourth-order valence-electron chi connectivity index (χ4n) is 14.3. The molecule has 1 aromatic carbocycles. The summed E-state index contributed by atoms with van der Waals surface area (Å²) in [5.74, 6) is -8.88. The molecule has 3 aliphatic heterocycles. The Balaban J connectivity index is 1.41. The monoisotopic (exact) mass is 1400 g/mol. The number of amides is 12. The van der Waals surface area contributed by atoms with Crippen molar-refractivity contribution in [3.63, 3.8) is 0 Å². The fraction of sp³-hybridized carbons (Fsp3) is 0.739. The van der Waals surface area contributed by atoms with Crippen LogP contribution in [0.5, 0.6) is 0 Å². The number of carbonyl (C=O) groups excluding carboxylic acids is 12. The van der Waals surface area contributed by atoms with E-state index in [1.54, 1.807) is 11.8 Å². The summed E-state index contributed by atoms with van der Waals surface area (Å²) in [5.41, 5.74) is -2.41. The van der Waals surface area contributed by atoms with Crippen LogP contribution in [0.4, 0.5) is 13.2 Å². The second kappa shape index (κ2) is 35.8. The van der Waals surface area contributed by atoms with E-state index in [1.807, 2.05) is 20.8 Å². The maximum atomic E-state index is 15.3. The van der Waals surface area contributed by atoms with Crippen molar-refractivity contribution in [3.05, 3.63) is 34.3 Å². The van der Waals surface area contributed by atoms with Gasteiger partial charge in [-0.2, -0.15) is 13.2 Å². The van der Waals surface area contributed by atoms with Crippen LogP contribution in [0.3, 0.4) is 0 Å². The zero-order valence-corrected chi connectivity index (χ0v) is 60.2. The van der Waals surface area contributed by atoms with Gasteiger partial charge in [0.1, 0.15) is 47.8 Å². The van der Waals surface area contributed by atoms with Gasteiger partial charge in [-0.3, -0.25) is 57.5 Å². The number of hydrogen-bond donors (Lipinski definition) is 3. The lowest BCUT2D eigenvalue weighted by atomic mass is 9.84. The number of hydrogen-bond acceptors (Lipinski definition) is 13. The molecule has 3 N–H and O–H groups in total. The highest BCUT2D eigenvalue weighted by Crippen LogP contribution is 2.37. The SMILES string of the molecule is CC[C@H](C)[C@@H]1NC(=O)[C@H](CC(C)C)N(C)C(=O)C[C@@H](C(=O)N2CCCCC2)N(C)C(=O)[C@H](COC)N(C)C(=O)C2(CCCC2)NC(=O)C2CCCN2C(=O)[C@H](CCc2ccc(C(F)(F)F)c(Cl)c2)NC(=O)CN(C)C(=O)[C@H](CC2CCCCC2)N(C)C(=O)CN(C)C(=O)CN(C)C1=O. The maximum absolute atomic E-state index is 15.3. The Morgan fingerprint density at radius 1 is 0.653 bits per heavy atom. The molecule has 6 rings (SSSR count). The highest BCUT2D eigenvalue weighted by molar-refractivity contribution is 6.31. The molecule has 2 saturated carbocycles. The fourth-order valence-corrected chi connectivity index (χ4v) is 14.6. The van der Waals surface area contributed by atoms with E-state index in [0.717, 1.165) is 75.2 Å². The molecule has 12 amide bonds. The molecule has 29 heteroatoms. The van der Waals surface area contributed by atoms with Crippen molar-refractivity contribution in [1.82, 2.24) is 60.0 Å². The molecule has 0 bridgehead atoms. The highest BCUT2D eigenvalue weighted by atomic mass is 35.5. The average molecular weight is 1400 g/mol. The van der Waals surface area contributed by atoms with Gasteiger partial charge in [-0.05, 0) is 106 Å². The van der Waals surface area contributed by atoms with Crippen LogP contribution >= 0.6 is 11.6 Å². The van der Waals surface area contributed by atoms with E-state index in [2.05, 4.69) is 16.0 Å². The van der Waals surface area contributed by atoms with Crippen molar-refractivity contribution >= 4 is 82.5 Å². The minimum absolute atomic E-state index is 0.0144. The molecule has 2 aliphatic carbocycles. The quantitative estimate of drug-likeness (QED) is 0.261. The normalized spacial score (nSPS) is 26.1. The lowest BCUT2D eigenvalue weighted by Gasteiger charge is -2.40. The van der Waals surface area contributed by atoms with Gasteiger partial charge in [0.2, 0.25) is 70.9 Å². The number of ether oxygens (including phenoxy) is 1. The second-order valence-electron chi connectivity index (χ2n) is 28.3. The number of fused-ring (bicyclic) bond motifs is 1. The Kier molecular flexibility index (Phi) is 29.2. The van der Waals surface area contributed by atoms with E-state index in [4.69, 9.17) is 16.3 Å². The Bertz CT molecular complexity index is 3030. The number of nitrogens with one attached hydrogen (secondary N) is 3. The van der Waals surface area contributed by atoms with Crippen molar-refractivity contribution in [2.24, 2.45) is 17.8 Å². The van der Waals surface area contributed by atoms with Crippen molar-refractivity contribution in [3.8, 4) is 0 Å². The predicted molar refractivity (Wildman–Crippen MR) is 359 cm³/mol. The number of aryl methyl sites for hydroxylation is 1. The van der Waals surface area contributed by atoms with Crippen LogP contribution < -0.4 is 16.0 Å². The highest BCUT2D eigenvalue weighted by Gasteiger charge is 2.50. The van der Waals surface area contributed by atoms with Crippen molar-refractivity contribution in [2.75, 3.05) is 102 Å². The molecular formula is C69H106ClF3N12O13. The number of likely N-dealkylation sites (tertiary alicyclic amines) is 1. The minimum atomic E-state index is -4.76. The zero-order valence-electron chi connectivity index (χ0n) is 59.4. The van der Waals surface area contributed by atoms with Gasteiger partial charge in [-0.1, -0.05) is 96.7 Å². The number of piperidine rings is 1. The standard InChI is InChI=1S/C69H106ClF3N12O13/c1-13-44(4)59-66(96)79(7)40-57(88)77(5)41-58(89)81(9)52(37-45-23-16-14-17-24-45)63(93)78(6)39-55(86)74-49(29-27-46-26-28-47(48(70)36-46)69(71,72)73)62(92)85-34-22-25-50(85)61(91)76-68(30-18-19-31-68)67(97)83(11)54(42-98-12)64(94)82(10)53(65(95)84-32-20-15-21-33-84)38-56(87)80(8)51(35-43(2)3)60(90)75-59/h26,28,36,43-45,49-54,59H,13-25,27,29-35,37-42H2,1-12H3,(H,74,86)(H,75,90)(H,76,91)/t44-,49-,50?,51-,52-,53-,54-,59-/m0/s1. The topological polar surface area (TPSA) is 279 Å². The third kappa shape index (κ3) is 20.3. The Labute approximate surface area is 580 Å². The number of carbonyl (C=O) groups is 12. The maximum Gasteiger partial charge on any atom is 0.417 e. The number of halogens is 4. The molecule has 1 aromatic rings. The Morgan fingerprint density at radius 2 is 1.27 bits per heavy atom. The average Bonchev–Trinajstić information content (AvgIpc) is 1.42. The molecule has 548 valence electrons. The summed E-state index contributed by atoms with van der Waals surface area (Å²) in [5, 5.41) is 8.02. The molecule has 98 heavy (non-hydrogen) atoms. The summed E-state index contributed by atoms with van der Waals surface area (Å²) in [6, 6.07) is -5.96. The third-order valence-corrected chi connectivity index (χ3v) is 21.0. The van der Waals surface area contributed by atoms with E-state index in [1.165, 1.54) is 77.2 Å². The lowest BCUT2D eigenvalue weighted by molar-refractivity contribution is -0.156. The van der Waals surface area contributed by atoms with Crippen LogP contribution in [0.2, 0.25) is 5.02 Å². The molecule has 0 radical (unpaired) electrons. The van der Waals surface area contributed by atoms with Crippen LogP contribution in [-0.4, -0.2) is 265 Å². The van der Waals surface area contributed by atoms with Crippen LogP contribution in [0, 0.1) is 17.8 Å². The number of alkyl halides is 3. The van der Waals surface area contributed by atoms with Crippen molar-refractivity contribution in [1.29, 1.82) is 0 Å². The number of rotatable bonds is 12. The molecule has 8 atom stereocenters. The minimum Gasteiger partial charge on any atom is -0.382 e. The van der Waals surface area contributed by atoms with E-state index in [9.17, 15) is 56.3 Å². The van der Waals surface area contributed by atoms with Crippen molar-refractivity contribution < 1.29 is 75.4 Å². The summed E-state index contributed by atoms with van der Waals surface area (Å²) in [4.78, 5) is 188. The summed E-state index contributed by atoms with van der Waals surface area (Å²) >= 11 is 6.13. The van der Waals surface area contributed by atoms with Crippen LogP contribution in [0.15, 0.2) is 18.2 Å². The molecule has 5 aliphatic rings. The molecule has 25 nitrogen and oxygen atoms in total. The molecule has 3 heterocycles. The number of nitrogens with zero attached hydrogens (tertiary/aromatic N) is 9. The first-order valence-corrected chi connectivity index (χ1v) is 35.2. The lowest BCUT2D eigenvalue weighted by Crippen LogP contribution is -2.65. The van der Waals surface area contributed by atoms with E-state index in [-0.39, 0.29) is 75.5 Å². The van der Waals surface area contributed by atoms with Gasteiger partial charge in [0.05, 0.1) is 43.2 Å². The van der Waals surface area contributed by atoms with Crippen LogP contribution in [-0.2, 0) is 74.9 Å².